The average Bonchev–Trinajstić information content (AvgIpc) is 3.16. The highest BCUT2D eigenvalue weighted by Gasteiger charge is 2.40. The van der Waals surface area contributed by atoms with Crippen molar-refractivity contribution in [3.8, 4) is 23.0 Å². The Morgan fingerprint density at radius 2 is 1.21 bits per heavy atom. The van der Waals surface area contributed by atoms with Crippen LogP contribution in [0.5, 0.6) is 23.0 Å². The van der Waals surface area contributed by atoms with Gasteiger partial charge in [-0.1, -0.05) is 19.9 Å². The van der Waals surface area contributed by atoms with Crippen molar-refractivity contribution in [3.05, 3.63) is 101 Å². The minimum Gasteiger partial charge on any atom is -0.506 e. The van der Waals surface area contributed by atoms with Gasteiger partial charge in [0.1, 0.15) is 29.1 Å². The Balaban J connectivity index is 0.000000804. The van der Waals surface area contributed by atoms with Crippen LogP contribution in [0.3, 0.4) is 0 Å². The van der Waals surface area contributed by atoms with Gasteiger partial charge in [-0.3, -0.25) is 9.59 Å². The number of phenolic OH excluding ortho intramolecular Hbond substituents is 1. The third-order valence-corrected chi connectivity index (χ3v) is 11.0. The number of benzene rings is 3. The molecule has 57 heavy (non-hydrogen) atoms. The zero-order chi connectivity index (χ0) is 44.4. The van der Waals surface area contributed by atoms with E-state index in [1.54, 1.807) is 68.4 Å². The van der Waals surface area contributed by atoms with Crippen LogP contribution in [-0.2, 0) is 14.3 Å². The van der Waals surface area contributed by atoms with Crippen molar-refractivity contribution >= 4 is 45.9 Å². The lowest BCUT2D eigenvalue weighted by Gasteiger charge is -2.27. The molecule has 0 fully saturated rings. The van der Waals surface area contributed by atoms with Crippen LogP contribution < -0.4 is 14.2 Å². The monoisotopic (exact) mass is 854 g/mol. The number of aromatic hydroxyl groups is 1. The number of phenols is 1. The number of aliphatic hydroxyl groups is 1. The van der Waals surface area contributed by atoms with Crippen molar-refractivity contribution in [2.45, 2.75) is 103 Å². The Morgan fingerprint density at radius 3 is 1.63 bits per heavy atom. The van der Waals surface area contributed by atoms with Gasteiger partial charge in [0.05, 0.1) is 29.8 Å². The van der Waals surface area contributed by atoms with E-state index in [0.29, 0.717) is 61.0 Å². The molecule has 0 bridgehead atoms. The van der Waals surface area contributed by atoms with E-state index in [4.69, 9.17) is 18.9 Å². The molecule has 310 valence electrons. The zero-order valence-corrected chi connectivity index (χ0v) is 37.3. The van der Waals surface area contributed by atoms with E-state index in [1.165, 1.54) is 27.2 Å². The van der Waals surface area contributed by atoms with E-state index < -0.39 is 29.3 Å². The summed E-state index contributed by atoms with van der Waals surface area (Å²) >= 11 is 3.34. The Labute approximate surface area is 343 Å². The fourth-order valence-corrected chi connectivity index (χ4v) is 6.71. The highest BCUT2D eigenvalue weighted by atomic mass is 79.9. The van der Waals surface area contributed by atoms with E-state index in [-0.39, 0.29) is 39.7 Å². The molecule has 3 aromatic rings. The molecule has 0 saturated heterocycles. The molecule has 12 nitrogen and oxygen atoms in total. The Kier molecular flexibility index (Phi) is 18.1. The first-order valence-corrected chi connectivity index (χ1v) is 18.8. The van der Waals surface area contributed by atoms with Crippen LogP contribution in [0.4, 0.5) is 0 Å². The number of hydrogen-bond donors (Lipinski definition) is 3. The SMILES string of the molecule is C/C=C(/C)C(O)(C(C)=O)/C(=C\C=O)OC.CC.COc1c(OC(=O)c2c(C)c(C)c(C)c(Br)c2O)cc(C)c(C(=O)Oc2c(C)c(C)c(C(=O)O)c(C)c2C)c1C. The molecular formula is C44H55BrO12. The van der Waals surface area contributed by atoms with Crippen molar-refractivity contribution in [2.24, 2.45) is 0 Å². The van der Waals surface area contributed by atoms with Gasteiger partial charge >= 0.3 is 17.9 Å². The van der Waals surface area contributed by atoms with E-state index in [1.807, 2.05) is 27.7 Å². The van der Waals surface area contributed by atoms with E-state index in [0.717, 1.165) is 17.2 Å². The van der Waals surface area contributed by atoms with Crippen molar-refractivity contribution in [1.82, 2.24) is 0 Å². The van der Waals surface area contributed by atoms with E-state index in [2.05, 4.69) is 15.9 Å². The lowest BCUT2D eigenvalue weighted by Crippen LogP contribution is -2.41. The lowest BCUT2D eigenvalue weighted by molar-refractivity contribution is -0.131. The van der Waals surface area contributed by atoms with Crippen LogP contribution in [0.25, 0.3) is 0 Å². The first kappa shape index (κ1) is 49.7. The average molecular weight is 856 g/mol. The number of Topliss-reactive ketones (excluding diaryl/α,β-unsaturated/α-hetero) is 1. The number of carboxylic acids is 1. The highest BCUT2D eigenvalue weighted by molar-refractivity contribution is 9.10. The van der Waals surface area contributed by atoms with Gasteiger partial charge in [0, 0.05) is 11.6 Å². The summed E-state index contributed by atoms with van der Waals surface area (Å²) in [4.78, 5) is 60.3. The minimum atomic E-state index is -1.84. The van der Waals surface area contributed by atoms with E-state index in [9.17, 15) is 39.3 Å². The van der Waals surface area contributed by atoms with Gasteiger partial charge in [-0.2, -0.15) is 0 Å². The number of ketones is 1. The van der Waals surface area contributed by atoms with Gasteiger partial charge in [0.2, 0.25) is 5.60 Å². The molecule has 0 heterocycles. The number of esters is 2. The third kappa shape index (κ3) is 10.0. The molecule has 3 rings (SSSR count). The normalized spacial score (nSPS) is 12.2. The zero-order valence-electron chi connectivity index (χ0n) is 35.7. The number of allylic oxidation sites excluding steroid dienone is 2. The predicted molar refractivity (Wildman–Crippen MR) is 222 cm³/mol. The molecule has 1 unspecified atom stereocenters. The second-order valence-corrected chi connectivity index (χ2v) is 13.8. The number of methoxy groups -OCH3 is 2. The number of carbonyl (C=O) groups excluding carboxylic acids is 4. The fourth-order valence-electron chi connectivity index (χ4n) is 6.22. The predicted octanol–water partition coefficient (Wildman–Crippen LogP) is 9.10. The van der Waals surface area contributed by atoms with Crippen molar-refractivity contribution in [3.63, 3.8) is 0 Å². The standard InChI is InChI=1S/C31H33BrO8.C11H16O4.C2H6/c1-12-11-21(39-31(37)24-14(3)13(2)17(6)25(32)26(24)33)28(38-10)20(9)22(12)30(36)40-27-18(7)15(4)23(29(34)35)16(5)19(27)8;1-5-8(2)11(14,9(3)13)10(15-4)6-7-12;1-2/h11,33H,1-10H3,(H,34,35);5-7,14H,1-4H3;1-2H3/b;8-5-,10-6+;. The summed E-state index contributed by atoms with van der Waals surface area (Å²) in [5.74, 6) is -2.73. The number of aldehydes is 1. The summed E-state index contributed by atoms with van der Waals surface area (Å²) in [5, 5.41) is 30.5. The molecule has 0 aliphatic carbocycles. The summed E-state index contributed by atoms with van der Waals surface area (Å²) in [6, 6.07) is 1.51. The van der Waals surface area contributed by atoms with Gasteiger partial charge in [0.25, 0.3) is 0 Å². The molecule has 0 saturated carbocycles. The topological polar surface area (TPSA) is 183 Å². The number of carbonyl (C=O) groups is 5. The van der Waals surface area contributed by atoms with Gasteiger partial charge in [-0.05, 0) is 155 Å². The van der Waals surface area contributed by atoms with Gasteiger partial charge in [-0.15, -0.1) is 0 Å². The van der Waals surface area contributed by atoms with Crippen molar-refractivity contribution in [1.29, 1.82) is 0 Å². The van der Waals surface area contributed by atoms with Gasteiger partial charge < -0.3 is 34.3 Å². The molecule has 13 heteroatoms. The van der Waals surface area contributed by atoms with Gasteiger partial charge in [0.15, 0.2) is 17.3 Å². The van der Waals surface area contributed by atoms with Crippen LogP contribution in [0.1, 0.15) is 116 Å². The highest BCUT2D eigenvalue weighted by Crippen LogP contribution is 2.41. The second kappa shape index (κ2) is 20.8. The summed E-state index contributed by atoms with van der Waals surface area (Å²) in [6.45, 7) is 24.1. The largest absolute Gasteiger partial charge is 0.506 e. The maximum Gasteiger partial charge on any atom is 0.347 e. The van der Waals surface area contributed by atoms with Crippen LogP contribution in [0, 0.1) is 62.3 Å². The molecule has 0 amide bonds. The number of halogens is 1. The van der Waals surface area contributed by atoms with Crippen molar-refractivity contribution < 1.29 is 58.2 Å². The first-order chi connectivity index (χ1) is 26.5. The maximum absolute atomic E-state index is 13.5. The van der Waals surface area contributed by atoms with E-state index >= 15 is 0 Å². The first-order valence-electron chi connectivity index (χ1n) is 18.0. The third-order valence-electron chi connectivity index (χ3n) is 10.0. The number of ether oxygens (including phenoxy) is 4. The smallest absolute Gasteiger partial charge is 0.347 e. The summed E-state index contributed by atoms with van der Waals surface area (Å²) < 4.78 is 22.4. The van der Waals surface area contributed by atoms with Gasteiger partial charge in [-0.25, -0.2) is 14.4 Å². The molecule has 1 atom stereocenters. The molecule has 0 aliphatic rings. The van der Waals surface area contributed by atoms with Crippen molar-refractivity contribution in [2.75, 3.05) is 14.2 Å². The quantitative estimate of drug-likeness (QED) is 0.0416. The number of aromatic carboxylic acids is 1. The van der Waals surface area contributed by atoms with Crippen LogP contribution >= 0.6 is 15.9 Å². The molecule has 0 aromatic heterocycles. The summed E-state index contributed by atoms with van der Waals surface area (Å²) in [6.07, 6.45) is 3.10. The lowest BCUT2D eigenvalue weighted by atomic mass is 9.88. The Morgan fingerprint density at radius 1 is 0.719 bits per heavy atom. The second-order valence-electron chi connectivity index (χ2n) is 13.0. The molecule has 0 spiro atoms. The number of carboxylic acid groups (broad SMARTS) is 1. The fraction of sp³-hybridized carbons (Fsp3) is 0.386. The molecule has 0 radical (unpaired) electrons. The Hall–Kier alpha value is -5.27. The molecular weight excluding hydrogens is 800 g/mol. The Bertz CT molecular complexity index is 2080. The van der Waals surface area contributed by atoms with Crippen LogP contribution in [0.2, 0.25) is 0 Å². The number of rotatable bonds is 11. The molecule has 0 aliphatic heterocycles. The van der Waals surface area contributed by atoms with Crippen LogP contribution in [-0.4, -0.2) is 65.1 Å². The minimum absolute atomic E-state index is 0.0253. The van der Waals surface area contributed by atoms with Crippen LogP contribution in [0.15, 0.2) is 34.0 Å². The number of aryl methyl sites for hydroxylation is 1. The summed E-state index contributed by atoms with van der Waals surface area (Å²) in [5.41, 5.74) is 4.25. The number of hydrogen-bond acceptors (Lipinski definition) is 11. The molecule has 3 aromatic carbocycles. The maximum atomic E-state index is 13.5. The molecule has 3 N–H and O–H groups in total. The summed E-state index contributed by atoms with van der Waals surface area (Å²) in [7, 11) is 2.69.